The molecule has 13 nitrogen and oxygen atoms in total. The topological polar surface area (TPSA) is 157 Å². The maximum absolute atomic E-state index is 13.6. The highest BCUT2D eigenvalue weighted by Crippen LogP contribution is 2.30. The fourth-order valence-electron chi connectivity index (χ4n) is 4.83. The molecule has 3 aromatic heterocycles. The molecule has 0 aliphatic carbocycles. The first-order valence-electron chi connectivity index (χ1n) is 12.2. The number of aromatic nitrogens is 9. The number of aromatic amines is 1. The summed E-state index contributed by atoms with van der Waals surface area (Å²) in [6, 6.07) is 10.9. The number of nitrogens with zero attached hydrogens (tertiary/aromatic N) is 9. The molecule has 0 unspecified atom stereocenters. The Labute approximate surface area is 221 Å². The molecule has 0 atom stereocenters. The highest BCUT2D eigenvalue weighted by atomic mass is 32.2. The molecule has 39 heavy (non-hydrogen) atoms. The molecule has 0 saturated carbocycles. The van der Waals surface area contributed by atoms with E-state index in [4.69, 9.17) is 0 Å². The quantitative estimate of drug-likeness (QED) is 0.331. The zero-order chi connectivity index (χ0) is 27.1. The van der Waals surface area contributed by atoms with E-state index >= 15 is 0 Å². The first kappa shape index (κ1) is 24.9. The molecule has 5 aromatic rings. The largest absolute Gasteiger partial charge is 0.308 e. The summed E-state index contributed by atoms with van der Waals surface area (Å²) in [6.45, 7) is 2.54. The number of halogens is 1. The van der Waals surface area contributed by atoms with Gasteiger partial charge in [-0.05, 0) is 71.7 Å². The average Bonchev–Trinajstić information content (AvgIpc) is 3.60. The van der Waals surface area contributed by atoms with Crippen LogP contribution in [0.1, 0.15) is 35.7 Å². The van der Waals surface area contributed by atoms with Gasteiger partial charge in [0.05, 0.1) is 17.1 Å². The standard InChI is InChI=1S/C24H23FN10O3S/c1-15-11-19(5-6-20(15)35-14-26-30-32-35)39(37,38)33-9-7-17(8-10-33)22-27-23-21(24(36)28-22)29-31-34(23)13-16-3-2-4-18(25)12-16/h2-6,11-12,14,17H,7-10,13H2,1H3,(H,27,28,36). The van der Waals surface area contributed by atoms with Gasteiger partial charge < -0.3 is 4.98 Å². The molecule has 1 fully saturated rings. The summed E-state index contributed by atoms with van der Waals surface area (Å²) in [6.07, 6.45) is 2.39. The number of hydrogen-bond acceptors (Lipinski definition) is 9. The van der Waals surface area contributed by atoms with Crippen LogP contribution in [0, 0.1) is 12.7 Å². The zero-order valence-corrected chi connectivity index (χ0v) is 21.6. The summed E-state index contributed by atoms with van der Waals surface area (Å²) in [5.74, 6) is -0.0762. The minimum Gasteiger partial charge on any atom is -0.308 e. The molecular weight excluding hydrogens is 527 g/mol. The van der Waals surface area contributed by atoms with Crippen molar-refractivity contribution in [2.24, 2.45) is 0 Å². The molecular formula is C24H23FN10O3S. The monoisotopic (exact) mass is 550 g/mol. The second-order valence-corrected chi connectivity index (χ2v) is 11.3. The van der Waals surface area contributed by atoms with Gasteiger partial charge in [-0.15, -0.1) is 10.2 Å². The van der Waals surface area contributed by atoms with Crippen LogP contribution < -0.4 is 5.56 Å². The first-order chi connectivity index (χ1) is 18.8. The van der Waals surface area contributed by atoms with Gasteiger partial charge in [0.2, 0.25) is 10.0 Å². The van der Waals surface area contributed by atoms with Crippen LogP contribution in [0.4, 0.5) is 4.39 Å². The van der Waals surface area contributed by atoms with Crippen molar-refractivity contribution < 1.29 is 12.8 Å². The summed E-state index contributed by atoms with van der Waals surface area (Å²) in [5, 5.41) is 19.1. The number of hydrogen-bond donors (Lipinski definition) is 1. The van der Waals surface area contributed by atoms with Gasteiger partial charge in [-0.25, -0.2) is 27.2 Å². The Kier molecular flexibility index (Phi) is 6.23. The van der Waals surface area contributed by atoms with Crippen molar-refractivity contribution in [3.8, 4) is 5.69 Å². The predicted octanol–water partition coefficient (Wildman–Crippen LogP) is 1.55. The van der Waals surface area contributed by atoms with Gasteiger partial charge in [0, 0.05) is 19.0 Å². The van der Waals surface area contributed by atoms with Gasteiger partial charge in [0.1, 0.15) is 18.0 Å². The van der Waals surface area contributed by atoms with Crippen LogP contribution in [-0.2, 0) is 16.6 Å². The molecule has 0 spiro atoms. The highest BCUT2D eigenvalue weighted by molar-refractivity contribution is 7.89. The lowest BCUT2D eigenvalue weighted by atomic mass is 9.97. The number of tetrazole rings is 1. The summed E-state index contributed by atoms with van der Waals surface area (Å²) >= 11 is 0. The Morgan fingerprint density at radius 3 is 2.64 bits per heavy atom. The highest BCUT2D eigenvalue weighted by Gasteiger charge is 2.31. The number of fused-ring (bicyclic) bond motifs is 1. The van der Waals surface area contributed by atoms with Crippen molar-refractivity contribution in [3.05, 3.63) is 81.9 Å². The van der Waals surface area contributed by atoms with Crippen molar-refractivity contribution >= 4 is 21.2 Å². The maximum Gasteiger partial charge on any atom is 0.281 e. The molecule has 4 heterocycles. The Morgan fingerprint density at radius 2 is 1.92 bits per heavy atom. The number of sulfonamides is 1. The van der Waals surface area contributed by atoms with Crippen LogP contribution in [0.15, 0.2) is 58.5 Å². The molecule has 6 rings (SSSR count). The van der Waals surface area contributed by atoms with E-state index in [1.54, 1.807) is 37.3 Å². The number of piperidine rings is 1. The van der Waals surface area contributed by atoms with E-state index in [-0.39, 0.29) is 41.8 Å². The van der Waals surface area contributed by atoms with Gasteiger partial charge in [-0.3, -0.25) is 4.79 Å². The second kappa shape index (κ2) is 9.74. The Balaban J connectivity index is 1.20. The number of rotatable bonds is 6. The SMILES string of the molecule is Cc1cc(S(=O)(=O)N2CCC(c3nc4c(nnn4Cc4cccc(F)c4)c(=O)[nH]3)CC2)ccc1-n1cnnn1. The van der Waals surface area contributed by atoms with E-state index in [1.807, 2.05) is 0 Å². The van der Waals surface area contributed by atoms with Crippen molar-refractivity contribution in [2.75, 3.05) is 13.1 Å². The van der Waals surface area contributed by atoms with Crippen LogP contribution >= 0.6 is 0 Å². The summed E-state index contributed by atoms with van der Waals surface area (Å²) < 4.78 is 44.8. The summed E-state index contributed by atoms with van der Waals surface area (Å²) in [7, 11) is -3.73. The van der Waals surface area contributed by atoms with Crippen LogP contribution in [0.5, 0.6) is 0 Å². The minimum absolute atomic E-state index is 0.0932. The molecule has 0 bridgehead atoms. The fourth-order valence-corrected chi connectivity index (χ4v) is 6.38. The average molecular weight is 551 g/mol. The first-order valence-corrected chi connectivity index (χ1v) is 13.7. The Morgan fingerprint density at radius 1 is 1.10 bits per heavy atom. The Bertz CT molecular complexity index is 1830. The minimum atomic E-state index is -3.73. The Hall–Kier alpha value is -4.37. The van der Waals surface area contributed by atoms with E-state index in [0.29, 0.717) is 35.6 Å². The van der Waals surface area contributed by atoms with Gasteiger partial charge in [0.25, 0.3) is 5.56 Å². The van der Waals surface area contributed by atoms with Gasteiger partial charge in [-0.2, -0.15) is 4.31 Å². The molecule has 1 aliphatic rings. The third-order valence-corrected chi connectivity index (χ3v) is 8.75. The normalized spacial score (nSPS) is 15.2. The lowest BCUT2D eigenvalue weighted by Crippen LogP contribution is -2.38. The molecule has 0 radical (unpaired) electrons. The predicted molar refractivity (Wildman–Crippen MR) is 136 cm³/mol. The molecule has 1 N–H and O–H groups in total. The van der Waals surface area contributed by atoms with Gasteiger partial charge >= 0.3 is 0 Å². The number of aryl methyl sites for hydroxylation is 1. The van der Waals surface area contributed by atoms with E-state index in [1.165, 1.54) is 32.1 Å². The molecule has 200 valence electrons. The van der Waals surface area contributed by atoms with E-state index in [2.05, 4.69) is 35.8 Å². The van der Waals surface area contributed by atoms with Crippen molar-refractivity contribution in [1.29, 1.82) is 0 Å². The smallest absolute Gasteiger partial charge is 0.281 e. The molecule has 1 aliphatic heterocycles. The number of H-pyrrole nitrogens is 1. The van der Waals surface area contributed by atoms with Crippen LogP contribution in [0.3, 0.4) is 0 Å². The molecule has 15 heteroatoms. The summed E-state index contributed by atoms with van der Waals surface area (Å²) in [4.78, 5) is 20.3. The number of nitrogens with one attached hydrogen (secondary N) is 1. The van der Waals surface area contributed by atoms with E-state index in [9.17, 15) is 17.6 Å². The number of benzene rings is 2. The van der Waals surface area contributed by atoms with E-state index < -0.39 is 15.6 Å². The molecule has 2 aromatic carbocycles. The molecule has 0 amide bonds. The van der Waals surface area contributed by atoms with E-state index in [0.717, 1.165) is 5.56 Å². The summed E-state index contributed by atoms with van der Waals surface area (Å²) in [5.41, 5.74) is 2.03. The van der Waals surface area contributed by atoms with Gasteiger partial charge in [-0.1, -0.05) is 17.3 Å². The second-order valence-electron chi connectivity index (χ2n) is 9.38. The van der Waals surface area contributed by atoms with Gasteiger partial charge in [0.15, 0.2) is 11.2 Å². The van der Waals surface area contributed by atoms with Crippen LogP contribution in [-0.4, -0.2) is 71.0 Å². The lowest BCUT2D eigenvalue weighted by molar-refractivity contribution is 0.313. The lowest BCUT2D eigenvalue weighted by Gasteiger charge is -2.30. The van der Waals surface area contributed by atoms with Crippen molar-refractivity contribution in [1.82, 2.24) is 49.5 Å². The fraction of sp³-hybridized carbons (Fsp3) is 0.292. The third-order valence-electron chi connectivity index (χ3n) is 6.86. The van der Waals surface area contributed by atoms with Crippen molar-refractivity contribution in [3.63, 3.8) is 0 Å². The molecule has 1 saturated heterocycles. The maximum atomic E-state index is 13.6. The van der Waals surface area contributed by atoms with Crippen LogP contribution in [0.25, 0.3) is 16.9 Å². The zero-order valence-electron chi connectivity index (χ0n) is 20.8. The van der Waals surface area contributed by atoms with Crippen LogP contribution in [0.2, 0.25) is 0 Å². The van der Waals surface area contributed by atoms with Crippen molar-refractivity contribution in [2.45, 2.75) is 37.1 Å². The third kappa shape index (κ3) is 4.70.